The number of anilines is 2. The van der Waals surface area contributed by atoms with Gasteiger partial charge < -0.3 is 5.73 Å². The fourth-order valence-corrected chi connectivity index (χ4v) is 1.29. The van der Waals surface area contributed by atoms with E-state index >= 15 is 0 Å². The van der Waals surface area contributed by atoms with Crippen molar-refractivity contribution in [1.82, 2.24) is 15.2 Å². The van der Waals surface area contributed by atoms with E-state index in [1.807, 2.05) is 0 Å². The van der Waals surface area contributed by atoms with E-state index in [4.69, 9.17) is 11.6 Å². The molecule has 0 bridgehead atoms. The Kier molecular flexibility index (Phi) is 2.52. The lowest BCUT2D eigenvalue weighted by Crippen LogP contribution is -2.20. The number of rotatable bonds is 2. The normalized spacial score (nSPS) is 10.1. The third-order valence-corrected chi connectivity index (χ3v) is 2.05. The van der Waals surface area contributed by atoms with E-state index in [9.17, 15) is 4.79 Å². The molecule has 1 heterocycles. The first-order chi connectivity index (χ1) is 7.72. The summed E-state index contributed by atoms with van der Waals surface area (Å²) in [7, 11) is 0. The van der Waals surface area contributed by atoms with Gasteiger partial charge in [-0.05, 0) is 6.07 Å². The van der Waals surface area contributed by atoms with Crippen LogP contribution in [0.3, 0.4) is 0 Å². The van der Waals surface area contributed by atoms with Crippen molar-refractivity contribution in [3.63, 3.8) is 0 Å². The number of nitrogens with one attached hydrogen (secondary N) is 2. The van der Waals surface area contributed by atoms with Crippen molar-refractivity contribution in [3.05, 3.63) is 34.6 Å². The second-order valence-electron chi connectivity index (χ2n) is 3.08. The standard InChI is InChI=1S/C9H10N6O/c10-6-4-2-1-3-5(6)7-8(16)12-9(13-11)15-14-7/h1-4H,10-11H2,(H2,12,13,15,16). The molecule has 0 atom stereocenters. The van der Waals surface area contributed by atoms with Gasteiger partial charge in [-0.3, -0.25) is 15.2 Å². The molecule has 0 saturated heterocycles. The molecule has 0 aliphatic heterocycles. The monoisotopic (exact) mass is 218 g/mol. The summed E-state index contributed by atoms with van der Waals surface area (Å²) in [5.74, 6) is 5.19. The van der Waals surface area contributed by atoms with E-state index in [0.717, 1.165) is 0 Å². The number of nitrogen functional groups attached to an aromatic ring is 2. The summed E-state index contributed by atoms with van der Waals surface area (Å²) in [5.41, 5.74) is 8.70. The average Bonchev–Trinajstić information content (AvgIpc) is 2.30. The molecule has 0 amide bonds. The smallest absolute Gasteiger partial charge is 0.279 e. The van der Waals surface area contributed by atoms with Crippen LogP contribution in [0.25, 0.3) is 11.3 Å². The molecule has 0 aliphatic carbocycles. The van der Waals surface area contributed by atoms with Crippen LogP contribution < -0.4 is 22.6 Å². The van der Waals surface area contributed by atoms with Crippen molar-refractivity contribution >= 4 is 11.6 Å². The molecule has 0 unspecified atom stereocenters. The van der Waals surface area contributed by atoms with Crippen LogP contribution in [-0.2, 0) is 0 Å². The van der Waals surface area contributed by atoms with Crippen molar-refractivity contribution < 1.29 is 0 Å². The Morgan fingerprint density at radius 1 is 1.25 bits per heavy atom. The molecule has 2 rings (SSSR count). The number of H-pyrrole nitrogens is 1. The Hall–Kier alpha value is -2.41. The highest BCUT2D eigenvalue weighted by atomic mass is 16.1. The number of hydrazine groups is 1. The molecule has 82 valence electrons. The Balaban J connectivity index is 2.58. The van der Waals surface area contributed by atoms with Gasteiger partial charge in [-0.25, -0.2) is 5.84 Å². The van der Waals surface area contributed by atoms with Crippen molar-refractivity contribution in [2.45, 2.75) is 0 Å². The lowest BCUT2D eigenvalue weighted by molar-refractivity contribution is 0.946. The van der Waals surface area contributed by atoms with Crippen LogP contribution in [0.15, 0.2) is 29.1 Å². The van der Waals surface area contributed by atoms with Gasteiger partial charge in [-0.15, -0.1) is 10.2 Å². The zero-order valence-corrected chi connectivity index (χ0v) is 8.27. The van der Waals surface area contributed by atoms with Crippen molar-refractivity contribution in [3.8, 4) is 11.3 Å². The Morgan fingerprint density at radius 2 is 2.00 bits per heavy atom. The van der Waals surface area contributed by atoms with Gasteiger partial charge in [0, 0.05) is 11.3 Å². The summed E-state index contributed by atoms with van der Waals surface area (Å²) in [6.07, 6.45) is 0. The van der Waals surface area contributed by atoms with E-state index < -0.39 is 5.56 Å². The maximum Gasteiger partial charge on any atom is 0.279 e. The minimum Gasteiger partial charge on any atom is -0.398 e. The van der Waals surface area contributed by atoms with Crippen LogP contribution >= 0.6 is 0 Å². The number of hydrogen-bond acceptors (Lipinski definition) is 6. The quantitative estimate of drug-likeness (QED) is 0.312. The highest BCUT2D eigenvalue weighted by Crippen LogP contribution is 2.19. The first-order valence-corrected chi connectivity index (χ1v) is 4.51. The van der Waals surface area contributed by atoms with E-state index in [1.165, 1.54) is 0 Å². The molecule has 7 heteroatoms. The lowest BCUT2D eigenvalue weighted by Gasteiger charge is -2.03. The maximum absolute atomic E-state index is 11.6. The predicted octanol–water partition coefficient (Wildman–Crippen LogP) is -0.300. The number of nitrogens with zero attached hydrogens (tertiary/aromatic N) is 2. The molecule has 16 heavy (non-hydrogen) atoms. The molecular weight excluding hydrogens is 208 g/mol. The highest BCUT2D eigenvalue weighted by Gasteiger charge is 2.09. The maximum atomic E-state index is 11.6. The highest BCUT2D eigenvalue weighted by molar-refractivity contribution is 5.72. The van der Waals surface area contributed by atoms with Gasteiger partial charge in [0.2, 0.25) is 5.95 Å². The minimum absolute atomic E-state index is 0.100. The zero-order chi connectivity index (χ0) is 11.5. The van der Waals surface area contributed by atoms with Gasteiger partial charge in [-0.1, -0.05) is 18.2 Å². The summed E-state index contributed by atoms with van der Waals surface area (Å²) in [5, 5.41) is 7.44. The summed E-state index contributed by atoms with van der Waals surface area (Å²) < 4.78 is 0. The molecule has 7 nitrogen and oxygen atoms in total. The number of benzene rings is 1. The SMILES string of the molecule is NNc1nnc(-c2ccccc2N)c(=O)[nH]1. The van der Waals surface area contributed by atoms with Crippen molar-refractivity contribution in [2.75, 3.05) is 11.2 Å². The van der Waals surface area contributed by atoms with Crippen LogP contribution in [-0.4, -0.2) is 15.2 Å². The summed E-state index contributed by atoms with van der Waals surface area (Å²) in [6, 6.07) is 6.92. The van der Waals surface area contributed by atoms with Gasteiger partial charge >= 0.3 is 0 Å². The molecule has 0 aliphatic rings. The predicted molar refractivity (Wildman–Crippen MR) is 60.3 cm³/mol. The second-order valence-corrected chi connectivity index (χ2v) is 3.08. The summed E-state index contributed by atoms with van der Waals surface area (Å²) >= 11 is 0. The number of hydrogen-bond donors (Lipinski definition) is 4. The number of nitrogens with two attached hydrogens (primary N) is 2. The van der Waals surface area contributed by atoms with Crippen molar-refractivity contribution in [1.29, 1.82) is 0 Å². The minimum atomic E-state index is -0.402. The Labute approximate surface area is 90.5 Å². The van der Waals surface area contributed by atoms with Gasteiger partial charge in [-0.2, -0.15) is 0 Å². The Morgan fingerprint density at radius 3 is 2.62 bits per heavy atom. The summed E-state index contributed by atoms with van der Waals surface area (Å²) in [6.45, 7) is 0. The van der Waals surface area contributed by atoms with Crippen LogP contribution in [0, 0.1) is 0 Å². The van der Waals surface area contributed by atoms with Crippen molar-refractivity contribution in [2.24, 2.45) is 5.84 Å². The summed E-state index contributed by atoms with van der Waals surface area (Å²) in [4.78, 5) is 14.1. The zero-order valence-electron chi connectivity index (χ0n) is 8.27. The molecule has 6 N–H and O–H groups in total. The number of para-hydroxylation sites is 1. The molecule has 2 aromatic rings. The van der Waals surface area contributed by atoms with Gasteiger partial charge in [0.05, 0.1) is 0 Å². The van der Waals surface area contributed by atoms with Crippen LogP contribution in [0.5, 0.6) is 0 Å². The third kappa shape index (κ3) is 1.71. The van der Waals surface area contributed by atoms with Gasteiger partial charge in [0.1, 0.15) is 0 Å². The van der Waals surface area contributed by atoms with Gasteiger partial charge in [0.15, 0.2) is 5.69 Å². The molecule has 0 spiro atoms. The first kappa shape index (κ1) is 10.1. The fraction of sp³-hybridized carbons (Fsp3) is 0. The number of aromatic amines is 1. The van der Waals surface area contributed by atoms with E-state index in [-0.39, 0.29) is 11.6 Å². The first-order valence-electron chi connectivity index (χ1n) is 4.51. The lowest BCUT2D eigenvalue weighted by atomic mass is 10.1. The number of aromatic nitrogens is 3. The molecule has 0 fully saturated rings. The van der Waals surface area contributed by atoms with Crippen LogP contribution in [0.4, 0.5) is 11.6 Å². The van der Waals surface area contributed by atoms with Crippen LogP contribution in [0.1, 0.15) is 0 Å². The fourth-order valence-electron chi connectivity index (χ4n) is 1.29. The molecule has 0 saturated carbocycles. The molecule has 0 radical (unpaired) electrons. The molecular formula is C9H10N6O. The molecule has 1 aromatic carbocycles. The van der Waals surface area contributed by atoms with Gasteiger partial charge in [0.25, 0.3) is 5.56 Å². The van der Waals surface area contributed by atoms with E-state index in [1.54, 1.807) is 24.3 Å². The van der Waals surface area contributed by atoms with E-state index in [2.05, 4.69) is 20.6 Å². The second kappa shape index (κ2) is 3.99. The Bertz CT molecular complexity index is 564. The largest absolute Gasteiger partial charge is 0.398 e. The third-order valence-electron chi connectivity index (χ3n) is 2.05. The molecule has 1 aromatic heterocycles. The topological polar surface area (TPSA) is 123 Å². The average molecular weight is 218 g/mol. The van der Waals surface area contributed by atoms with E-state index in [0.29, 0.717) is 11.3 Å². The van der Waals surface area contributed by atoms with Crippen LogP contribution in [0.2, 0.25) is 0 Å².